The van der Waals surface area contributed by atoms with E-state index in [2.05, 4.69) is 15.6 Å². The van der Waals surface area contributed by atoms with Gasteiger partial charge in [0.2, 0.25) is 17.8 Å². The number of primary amides is 1. The second-order valence-corrected chi connectivity index (χ2v) is 10.9. The maximum atomic E-state index is 11.7. The van der Waals surface area contributed by atoms with E-state index < -0.39 is 0 Å². The molecule has 1 aromatic carbocycles. The molecular weight excluding hydrogens is 525 g/mol. The zero-order valence-corrected chi connectivity index (χ0v) is 21.8. The SMILES string of the molecule is NC(=O)[C@H]1CC[C@@H](n2c(Nc3c(Cl)cc(Cl)cc3Cl)nc3cnc(N[C@@H]4CCCC(O)C4)nc32)CC1. The number of aliphatic hydroxyl groups excluding tert-OH is 1. The number of nitrogens with two attached hydrogens (primary N) is 1. The maximum absolute atomic E-state index is 11.7. The van der Waals surface area contributed by atoms with Crippen molar-refractivity contribution in [3.63, 3.8) is 0 Å². The molecule has 2 atom stereocenters. The first-order valence-corrected chi connectivity index (χ1v) is 13.3. The van der Waals surface area contributed by atoms with Gasteiger partial charge in [0.25, 0.3) is 0 Å². The second-order valence-electron chi connectivity index (χ2n) is 9.65. The molecule has 0 spiro atoms. The number of aliphatic hydroxyl groups is 1. The Morgan fingerprint density at radius 1 is 1.06 bits per heavy atom. The molecule has 2 aliphatic rings. The van der Waals surface area contributed by atoms with E-state index in [0.29, 0.717) is 63.1 Å². The van der Waals surface area contributed by atoms with Crippen LogP contribution in [0.3, 0.4) is 0 Å². The Bertz CT molecular complexity index is 1250. The molecule has 0 saturated heterocycles. The Balaban J connectivity index is 1.51. The Morgan fingerprint density at radius 3 is 2.44 bits per heavy atom. The zero-order valence-electron chi connectivity index (χ0n) is 19.6. The summed E-state index contributed by atoms with van der Waals surface area (Å²) >= 11 is 19.0. The van der Waals surface area contributed by atoms with Gasteiger partial charge in [-0.05, 0) is 63.5 Å². The van der Waals surface area contributed by atoms with Crippen LogP contribution >= 0.6 is 34.8 Å². The summed E-state index contributed by atoms with van der Waals surface area (Å²) in [4.78, 5) is 25.8. The van der Waals surface area contributed by atoms with Gasteiger partial charge in [-0.1, -0.05) is 34.8 Å². The van der Waals surface area contributed by atoms with E-state index in [0.717, 1.165) is 32.1 Å². The molecule has 3 aromatic rings. The summed E-state index contributed by atoms with van der Waals surface area (Å²) in [5.74, 6) is 0.628. The maximum Gasteiger partial charge on any atom is 0.224 e. The number of carbonyl (C=O) groups is 1. The van der Waals surface area contributed by atoms with Crippen LogP contribution in [0.5, 0.6) is 0 Å². The minimum atomic E-state index is -0.310. The number of amides is 1. The third-order valence-electron chi connectivity index (χ3n) is 7.12. The van der Waals surface area contributed by atoms with Gasteiger partial charge >= 0.3 is 0 Å². The highest BCUT2D eigenvalue weighted by molar-refractivity contribution is 6.41. The van der Waals surface area contributed by atoms with Crippen molar-refractivity contribution in [3.8, 4) is 0 Å². The summed E-state index contributed by atoms with van der Waals surface area (Å²) in [5.41, 5.74) is 7.33. The van der Waals surface area contributed by atoms with Gasteiger partial charge in [0.1, 0.15) is 5.52 Å². The molecule has 36 heavy (non-hydrogen) atoms. The van der Waals surface area contributed by atoms with Gasteiger partial charge < -0.3 is 21.5 Å². The van der Waals surface area contributed by atoms with Crippen LogP contribution in [0.4, 0.5) is 17.6 Å². The highest BCUT2D eigenvalue weighted by Gasteiger charge is 2.30. The molecule has 2 fully saturated rings. The van der Waals surface area contributed by atoms with Crippen LogP contribution < -0.4 is 16.4 Å². The van der Waals surface area contributed by atoms with Gasteiger partial charge in [-0.3, -0.25) is 9.36 Å². The molecule has 192 valence electrons. The number of hydrogen-bond acceptors (Lipinski definition) is 7. The average molecular weight is 553 g/mol. The number of nitrogens with zero attached hydrogens (tertiary/aromatic N) is 4. The van der Waals surface area contributed by atoms with E-state index in [-0.39, 0.29) is 30.0 Å². The summed E-state index contributed by atoms with van der Waals surface area (Å²) in [6.07, 6.45) is 7.65. The van der Waals surface area contributed by atoms with Crippen LogP contribution in [0.15, 0.2) is 18.3 Å². The normalized spacial score (nSPS) is 24.6. The number of hydrogen-bond donors (Lipinski definition) is 4. The van der Waals surface area contributed by atoms with E-state index in [4.69, 9.17) is 50.5 Å². The molecule has 0 bridgehead atoms. The number of imidazole rings is 1. The van der Waals surface area contributed by atoms with E-state index in [1.165, 1.54) is 0 Å². The third kappa shape index (κ3) is 5.34. The van der Waals surface area contributed by atoms with Crippen LogP contribution in [-0.4, -0.2) is 42.7 Å². The quantitative estimate of drug-likeness (QED) is 0.319. The topological polar surface area (TPSA) is 131 Å². The summed E-state index contributed by atoms with van der Waals surface area (Å²) < 4.78 is 2.04. The van der Waals surface area contributed by atoms with Crippen LogP contribution in [0.2, 0.25) is 15.1 Å². The van der Waals surface area contributed by atoms with Gasteiger partial charge in [0.15, 0.2) is 5.65 Å². The lowest BCUT2D eigenvalue weighted by Crippen LogP contribution is -2.30. The van der Waals surface area contributed by atoms with Crippen molar-refractivity contribution in [2.24, 2.45) is 11.7 Å². The Kier molecular flexibility index (Phi) is 7.44. The summed E-state index contributed by atoms with van der Waals surface area (Å²) in [6, 6.07) is 3.38. The zero-order chi connectivity index (χ0) is 25.4. The molecule has 1 unspecified atom stereocenters. The third-order valence-corrected chi connectivity index (χ3v) is 7.93. The molecular formula is C24H28Cl3N7O2. The highest BCUT2D eigenvalue weighted by atomic mass is 35.5. The van der Waals surface area contributed by atoms with Crippen LogP contribution in [0.1, 0.15) is 57.4 Å². The lowest BCUT2D eigenvalue weighted by molar-refractivity contribution is -0.122. The number of carbonyl (C=O) groups excluding carboxylic acids is 1. The Morgan fingerprint density at radius 2 is 1.78 bits per heavy atom. The summed E-state index contributed by atoms with van der Waals surface area (Å²) in [5, 5.41) is 17.9. The monoisotopic (exact) mass is 551 g/mol. The van der Waals surface area contributed by atoms with Gasteiger partial charge in [-0.25, -0.2) is 9.97 Å². The van der Waals surface area contributed by atoms with Crippen molar-refractivity contribution in [2.45, 2.75) is 69.6 Å². The van der Waals surface area contributed by atoms with Crippen molar-refractivity contribution in [3.05, 3.63) is 33.4 Å². The molecule has 12 heteroatoms. The van der Waals surface area contributed by atoms with Crippen molar-refractivity contribution in [1.82, 2.24) is 19.5 Å². The van der Waals surface area contributed by atoms with Crippen LogP contribution in [0.25, 0.3) is 11.2 Å². The molecule has 2 heterocycles. The molecule has 2 aromatic heterocycles. The molecule has 2 saturated carbocycles. The number of benzene rings is 1. The molecule has 5 N–H and O–H groups in total. The number of fused-ring (bicyclic) bond motifs is 1. The van der Waals surface area contributed by atoms with Gasteiger partial charge in [0.05, 0.1) is 28.0 Å². The lowest BCUT2D eigenvalue weighted by Gasteiger charge is -2.29. The molecule has 0 aliphatic heterocycles. The van der Waals surface area contributed by atoms with E-state index >= 15 is 0 Å². The fraction of sp³-hybridized carbons (Fsp3) is 0.500. The second kappa shape index (κ2) is 10.6. The molecule has 5 rings (SSSR count). The number of nitrogens with one attached hydrogen (secondary N) is 2. The lowest BCUT2D eigenvalue weighted by atomic mass is 9.85. The average Bonchev–Trinajstić information content (AvgIpc) is 3.18. The fourth-order valence-electron chi connectivity index (χ4n) is 5.26. The molecule has 2 aliphatic carbocycles. The minimum absolute atomic E-state index is 0.0391. The van der Waals surface area contributed by atoms with Crippen LogP contribution in [-0.2, 0) is 4.79 Å². The standard InChI is InChI=1S/C24H28Cl3N7O2/c25-13-8-17(26)20(18(27)9-13)32-24-31-19-11-29-23(30-14-2-1-3-16(35)10-14)33-22(19)34(24)15-6-4-12(5-7-15)21(28)36/h8-9,11-12,14-16,35H,1-7,10H2,(H2,28,36)(H,31,32)(H,29,30,33)/t12-,14-,15+,16?/m1/s1. The van der Waals surface area contributed by atoms with E-state index in [1.807, 2.05) is 4.57 Å². The first-order chi connectivity index (χ1) is 17.3. The molecule has 1 amide bonds. The first-order valence-electron chi connectivity index (χ1n) is 12.2. The molecule has 9 nitrogen and oxygen atoms in total. The number of aromatic nitrogens is 4. The first kappa shape index (κ1) is 25.3. The smallest absolute Gasteiger partial charge is 0.224 e. The fourth-order valence-corrected chi connectivity index (χ4v) is 6.18. The Labute approximate surface area is 223 Å². The van der Waals surface area contributed by atoms with Crippen molar-refractivity contribution >= 4 is 69.5 Å². The minimum Gasteiger partial charge on any atom is -0.393 e. The number of rotatable bonds is 6. The van der Waals surface area contributed by atoms with Crippen molar-refractivity contribution < 1.29 is 9.90 Å². The number of halogens is 3. The van der Waals surface area contributed by atoms with Crippen molar-refractivity contribution in [2.75, 3.05) is 10.6 Å². The van der Waals surface area contributed by atoms with Crippen molar-refractivity contribution in [1.29, 1.82) is 0 Å². The van der Waals surface area contributed by atoms with Gasteiger partial charge in [0, 0.05) is 23.0 Å². The highest BCUT2D eigenvalue weighted by Crippen LogP contribution is 2.40. The number of anilines is 3. The summed E-state index contributed by atoms with van der Waals surface area (Å²) in [6.45, 7) is 0. The van der Waals surface area contributed by atoms with E-state index in [1.54, 1.807) is 18.3 Å². The predicted octanol–water partition coefficient (Wildman–Crippen LogP) is 5.46. The van der Waals surface area contributed by atoms with Crippen LogP contribution in [0, 0.1) is 5.92 Å². The van der Waals surface area contributed by atoms with Gasteiger partial charge in [-0.15, -0.1) is 0 Å². The summed E-state index contributed by atoms with van der Waals surface area (Å²) in [7, 11) is 0. The van der Waals surface area contributed by atoms with Gasteiger partial charge in [-0.2, -0.15) is 4.98 Å². The Hall–Kier alpha value is -2.33. The van der Waals surface area contributed by atoms with E-state index in [9.17, 15) is 9.90 Å². The predicted molar refractivity (Wildman–Crippen MR) is 142 cm³/mol. The molecule has 0 radical (unpaired) electrons. The largest absolute Gasteiger partial charge is 0.393 e.